The first-order valence-electron chi connectivity index (χ1n) is 7.52. The topological polar surface area (TPSA) is 70.2 Å². The van der Waals surface area contributed by atoms with Gasteiger partial charge >= 0.3 is 6.03 Å². The van der Waals surface area contributed by atoms with Gasteiger partial charge in [0.25, 0.3) is 0 Å². The second-order valence-corrected chi connectivity index (χ2v) is 7.54. The van der Waals surface area contributed by atoms with Gasteiger partial charge in [0.15, 0.2) is 0 Å². The molecule has 1 aromatic heterocycles. The molecule has 0 radical (unpaired) electrons. The molecule has 1 fully saturated rings. The van der Waals surface area contributed by atoms with Gasteiger partial charge in [-0.1, -0.05) is 40.3 Å². The number of anilines is 3. The van der Waals surface area contributed by atoms with Gasteiger partial charge in [0.05, 0.1) is 0 Å². The lowest BCUT2D eigenvalue weighted by Crippen LogP contribution is -2.34. The van der Waals surface area contributed by atoms with Crippen molar-refractivity contribution in [1.82, 2.24) is 10.2 Å². The van der Waals surface area contributed by atoms with Gasteiger partial charge in [0.1, 0.15) is 0 Å². The summed E-state index contributed by atoms with van der Waals surface area (Å²) in [7, 11) is 0. The molecule has 1 aliphatic rings. The van der Waals surface area contributed by atoms with Gasteiger partial charge in [-0.25, -0.2) is 4.79 Å². The number of piperidine rings is 1. The predicted octanol–water partition coefficient (Wildman–Crippen LogP) is 4.18. The van der Waals surface area contributed by atoms with Crippen molar-refractivity contribution in [1.29, 1.82) is 0 Å². The molecule has 0 aliphatic carbocycles. The van der Waals surface area contributed by atoms with Gasteiger partial charge in [0, 0.05) is 23.2 Å². The fourth-order valence-corrected chi connectivity index (χ4v) is 3.76. The summed E-state index contributed by atoms with van der Waals surface area (Å²) in [5, 5.41) is 15.1. The third-order valence-electron chi connectivity index (χ3n) is 3.64. The Labute approximate surface area is 147 Å². The Bertz CT molecular complexity index is 692. The van der Waals surface area contributed by atoms with Crippen LogP contribution < -0.4 is 15.5 Å². The van der Waals surface area contributed by atoms with Crippen LogP contribution in [-0.2, 0) is 0 Å². The second-order valence-electron chi connectivity index (χ2n) is 5.67. The van der Waals surface area contributed by atoms with Crippen LogP contribution in [0, 0.1) is 5.92 Å². The lowest BCUT2D eigenvalue weighted by Gasteiger charge is -2.29. The Morgan fingerprint density at radius 3 is 3.04 bits per heavy atom. The van der Waals surface area contributed by atoms with Gasteiger partial charge in [-0.05, 0) is 37.0 Å². The molecule has 2 amide bonds. The predicted molar refractivity (Wildman–Crippen MR) is 97.3 cm³/mol. The van der Waals surface area contributed by atoms with E-state index in [1.807, 2.05) is 24.3 Å². The van der Waals surface area contributed by atoms with Gasteiger partial charge in [-0.3, -0.25) is 5.32 Å². The second kappa shape index (κ2) is 7.27. The van der Waals surface area contributed by atoms with E-state index in [0.29, 0.717) is 16.7 Å². The van der Waals surface area contributed by atoms with E-state index >= 15 is 0 Å². The van der Waals surface area contributed by atoms with Crippen molar-refractivity contribution in [3.63, 3.8) is 0 Å². The number of benzene rings is 1. The Balaban J connectivity index is 1.59. The highest BCUT2D eigenvalue weighted by Gasteiger charge is 2.20. The molecule has 2 N–H and O–H groups in total. The quantitative estimate of drug-likeness (QED) is 0.817. The van der Waals surface area contributed by atoms with Crippen molar-refractivity contribution in [2.75, 3.05) is 28.6 Å². The van der Waals surface area contributed by atoms with Crippen molar-refractivity contribution >= 4 is 49.2 Å². The molecule has 0 spiro atoms. The number of halogens is 1. The molecule has 8 heteroatoms. The molecule has 0 bridgehead atoms. The van der Waals surface area contributed by atoms with Crippen molar-refractivity contribution < 1.29 is 4.79 Å². The van der Waals surface area contributed by atoms with Crippen LogP contribution in [0.3, 0.4) is 0 Å². The number of carbonyl (C=O) groups excluding carboxylic acids is 1. The van der Waals surface area contributed by atoms with E-state index in [4.69, 9.17) is 0 Å². The van der Waals surface area contributed by atoms with Crippen LogP contribution in [0.25, 0.3) is 0 Å². The van der Waals surface area contributed by atoms with E-state index in [1.54, 1.807) is 0 Å². The van der Waals surface area contributed by atoms with Crippen molar-refractivity contribution in [3.05, 3.63) is 28.7 Å². The zero-order valence-corrected chi connectivity index (χ0v) is 15.2. The normalized spacial score (nSPS) is 17.8. The Morgan fingerprint density at radius 1 is 1.39 bits per heavy atom. The highest BCUT2D eigenvalue weighted by molar-refractivity contribution is 9.10. The first kappa shape index (κ1) is 16.2. The summed E-state index contributed by atoms with van der Waals surface area (Å²) in [4.78, 5) is 14.3. The minimum Gasteiger partial charge on any atom is -0.346 e. The number of aromatic nitrogens is 2. The van der Waals surface area contributed by atoms with Crippen LogP contribution >= 0.6 is 27.3 Å². The van der Waals surface area contributed by atoms with Crippen LogP contribution in [0.5, 0.6) is 0 Å². The summed E-state index contributed by atoms with van der Waals surface area (Å²) in [5.74, 6) is 0.670. The summed E-state index contributed by atoms with van der Waals surface area (Å²) in [6, 6.07) is 7.10. The zero-order chi connectivity index (χ0) is 16.2. The van der Waals surface area contributed by atoms with Crippen LogP contribution in [0.1, 0.15) is 19.8 Å². The molecule has 0 saturated carbocycles. The minimum atomic E-state index is -0.321. The van der Waals surface area contributed by atoms with Gasteiger partial charge < -0.3 is 10.2 Å². The molecule has 122 valence electrons. The molecule has 1 aromatic carbocycles. The number of rotatable bonds is 3. The van der Waals surface area contributed by atoms with Crippen LogP contribution in [-0.4, -0.2) is 29.3 Å². The maximum atomic E-state index is 12.0. The average molecular weight is 396 g/mol. The Kier molecular flexibility index (Phi) is 5.12. The summed E-state index contributed by atoms with van der Waals surface area (Å²) < 4.78 is 0.910. The van der Waals surface area contributed by atoms with Gasteiger partial charge in [-0.15, -0.1) is 10.2 Å². The summed E-state index contributed by atoms with van der Waals surface area (Å²) in [6.45, 7) is 4.25. The Morgan fingerprint density at radius 2 is 2.26 bits per heavy atom. The highest BCUT2D eigenvalue weighted by atomic mass is 79.9. The molecule has 1 aliphatic heterocycles. The van der Waals surface area contributed by atoms with E-state index in [9.17, 15) is 4.79 Å². The number of urea groups is 1. The fraction of sp³-hybridized carbons (Fsp3) is 0.400. The minimum absolute atomic E-state index is 0.321. The lowest BCUT2D eigenvalue weighted by molar-refractivity contribution is 0.262. The molecule has 1 atom stereocenters. The number of nitrogens with zero attached hydrogens (tertiary/aromatic N) is 3. The summed E-state index contributed by atoms with van der Waals surface area (Å²) in [5.41, 5.74) is 0.714. The van der Waals surface area contributed by atoms with Gasteiger partial charge in [-0.2, -0.15) is 0 Å². The number of amides is 2. The molecule has 1 saturated heterocycles. The fourth-order valence-electron chi connectivity index (χ4n) is 2.58. The first-order chi connectivity index (χ1) is 11.1. The molecular weight excluding hydrogens is 378 g/mol. The highest BCUT2D eigenvalue weighted by Crippen LogP contribution is 2.28. The molecule has 2 heterocycles. The molecule has 2 aromatic rings. The van der Waals surface area contributed by atoms with E-state index in [-0.39, 0.29) is 6.03 Å². The standard InChI is InChI=1S/C15H18BrN5OS/c1-10-4-3-7-21(9-10)15-20-19-14(23-15)18-13(22)17-12-6-2-5-11(16)8-12/h2,5-6,8,10H,3-4,7,9H2,1H3,(H2,17,18,19,22)/t10-/m0/s1. The van der Waals surface area contributed by atoms with Crippen molar-refractivity contribution in [3.8, 4) is 0 Å². The number of hydrogen-bond acceptors (Lipinski definition) is 5. The van der Waals surface area contributed by atoms with E-state index in [2.05, 4.69) is 48.6 Å². The Hall–Kier alpha value is -1.67. The number of hydrogen-bond donors (Lipinski definition) is 2. The van der Waals surface area contributed by atoms with E-state index in [0.717, 1.165) is 22.7 Å². The maximum absolute atomic E-state index is 12.0. The molecule has 23 heavy (non-hydrogen) atoms. The van der Waals surface area contributed by atoms with Crippen LogP contribution in [0.15, 0.2) is 28.7 Å². The molecule has 0 unspecified atom stereocenters. The molecule has 6 nitrogen and oxygen atoms in total. The molecule has 3 rings (SSSR count). The van der Waals surface area contributed by atoms with E-state index < -0.39 is 0 Å². The van der Waals surface area contributed by atoms with Crippen molar-refractivity contribution in [2.24, 2.45) is 5.92 Å². The van der Waals surface area contributed by atoms with Crippen LogP contribution in [0.4, 0.5) is 20.7 Å². The SMILES string of the molecule is C[C@H]1CCCN(c2nnc(NC(=O)Nc3cccc(Br)c3)s2)C1. The maximum Gasteiger partial charge on any atom is 0.325 e. The monoisotopic (exact) mass is 395 g/mol. The number of carbonyl (C=O) groups is 1. The lowest BCUT2D eigenvalue weighted by atomic mass is 10.0. The summed E-state index contributed by atoms with van der Waals surface area (Å²) >= 11 is 4.78. The van der Waals surface area contributed by atoms with Crippen molar-refractivity contribution in [2.45, 2.75) is 19.8 Å². The van der Waals surface area contributed by atoms with E-state index in [1.165, 1.54) is 24.2 Å². The average Bonchev–Trinajstić information content (AvgIpc) is 2.95. The smallest absolute Gasteiger partial charge is 0.325 e. The third-order valence-corrected chi connectivity index (χ3v) is 5.04. The van der Waals surface area contributed by atoms with Gasteiger partial charge in [0.2, 0.25) is 10.3 Å². The largest absolute Gasteiger partial charge is 0.346 e. The zero-order valence-electron chi connectivity index (χ0n) is 12.8. The first-order valence-corrected chi connectivity index (χ1v) is 9.13. The third kappa shape index (κ3) is 4.42. The van der Waals surface area contributed by atoms with Crippen LogP contribution in [0.2, 0.25) is 0 Å². The molecular formula is C15H18BrN5OS. The number of nitrogens with one attached hydrogen (secondary N) is 2. The summed E-state index contributed by atoms with van der Waals surface area (Å²) in [6.07, 6.45) is 2.43.